The molecule has 0 saturated carbocycles. The number of hydrogen-bond donors (Lipinski definition) is 1. The van der Waals surface area contributed by atoms with E-state index in [2.05, 4.69) is 4.74 Å². The molecule has 0 spiro atoms. The predicted octanol–water partition coefficient (Wildman–Crippen LogP) is 1.70. The standard InChI is InChI=1S/C13H23ClO5/c1-13(12(16)17-2)18-8-10(9-19-13)5-3-4-6-11(15)7-14/h10-11,15H,3-9H2,1-2H3. The molecule has 0 radical (unpaired) electrons. The van der Waals surface area contributed by atoms with Crippen molar-refractivity contribution in [1.82, 2.24) is 0 Å². The first-order valence-corrected chi connectivity index (χ1v) is 7.15. The van der Waals surface area contributed by atoms with Crippen molar-refractivity contribution in [3.63, 3.8) is 0 Å². The Labute approximate surface area is 119 Å². The number of alkyl halides is 1. The molecule has 1 N–H and O–H groups in total. The highest BCUT2D eigenvalue weighted by Gasteiger charge is 2.41. The monoisotopic (exact) mass is 294 g/mol. The van der Waals surface area contributed by atoms with Crippen LogP contribution in [0.25, 0.3) is 0 Å². The summed E-state index contributed by atoms with van der Waals surface area (Å²) in [5, 5.41) is 9.32. The molecule has 19 heavy (non-hydrogen) atoms. The second kappa shape index (κ2) is 8.04. The van der Waals surface area contributed by atoms with Crippen molar-refractivity contribution in [3.8, 4) is 0 Å². The van der Waals surface area contributed by atoms with E-state index in [1.807, 2.05) is 0 Å². The summed E-state index contributed by atoms with van der Waals surface area (Å²) in [4.78, 5) is 11.5. The van der Waals surface area contributed by atoms with E-state index < -0.39 is 17.9 Å². The third kappa shape index (κ3) is 5.26. The molecule has 112 valence electrons. The fourth-order valence-corrected chi connectivity index (χ4v) is 2.16. The summed E-state index contributed by atoms with van der Waals surface area (Å²) in [5.74, 6) is -1.20. The molecule has 0 aliphatic carbocycles. The van der Waals surface area contributed by atoms with Gasteiger partial charge in [0, 0.05) is 18.7 Å². The third-order valence-corrected chi connectivity index (χ3v) is 3.68. The van der Waals surface area contributed by atoms with Crippen molar-refractivity contribution in [2.45, 2.75) is 44.5 Å². The largest absolute Gasteiger partial charge is 0.465 e. The van der Waals surface area contributed by atoms with Crippen LogP contribution >= 0.6 is 11.6 Å². The van der Waals surface area contributed by atoms with Gasteiger partial charge in [-0.25, -0.2) is 4.79 Å². The summed E-state index contributed by atoms with van der Waals surface area (Å²) in [6, 6.07) is 0. The average Bonchev–Trinajstić information content (AvgIpc) is 2.44. The van der Waals surface area contributed by atoms with Crippen LogP contribution in [0.2, 0.25) is 0 Å². The van der Waals surface area contributed by atoms with Gasteiger partial charge in [-0.1, -0.05) is 12.8 Å². The predicted molar refractivity (Wildman–Crippen MR) is 71.0 cm³/mol. The Morgan fingerprint density at radius 1 is 1.47 bits per heavy atom. The van der Waals surface area contributed by atoms with Crippen LogP contribution in [-0.2, 0) is 19.0 Å². The van der Waals surface area contributed by atoms with Crippen molar-refractivity contribution < 1.29 is 24.1 Å². The molecule has 1 aliphatic rings. The van der Waals surface area contributed by atoms with Crippen LogP contribution in [-0.4, -0.2) is 49.2 Å². The highest BCUT2D eigenvalue weighted by molar-refractivity contribution is 6.18. The normalized spacial score (nSPS) is 28.9. The second-order valence-corrected chi connectivity index (χ2v) is 5.33. The minimum Gasteiger partial charge on any atom is -0.465 e. The first-order valence-electron chi connectivity index (χ1n) is 6.62. The summed E-state index contributed by atoms with van der Waals surface area (Å²) in [6.45, 7) is 2.55. The van der Waals surface area contributed by atoms with Gasteiger partial charge in [-0.15, -0.1) is 11.6 Å². The number of carbonyl (C=O) groups excluding carboxylic acids is 1. The lowest BCUT2D eigenvalue weighted by molar-refractivity contribution is -0.272. The van der Waals surface area contributed by atoms with Crippen molar-refractivity contribution in [2.75, 3.05) is 26.2 Å². The lowest BCUT2D eigenvalue weighted by Crippen LogP contribution is -2.48. The van der Waals surface area contributed by atoms with Crippen LogP contribution in [0, 0.1) is 5.92 Å². The zero-order valence-electron chi connectivity index (χ0n) is 11.6. The average molecular weight is 295 g/mol. The first-order chi connectivity index (χ1) is 9.01. The number of aliphatic hydroxyl groups excluding tert-OH is 1. The molecule has 0 aromatic rings. The molecule has 5 nitrogen and oxygen atoms in total. The van der Waals surface area contributed by atoms with Crippen LogP contribution in [0.4, 0.5) is 0 Å². The molecular formula is C13H23ClO5. The maximum absolute atomic E-state index is 11.5. The van der Waals surface area contributed by atoms with E-state index in [1.54, 1.807) is 6.92 Å². The number of ether oxygens (including phenoxy) is 3. The van der Waals surface area contributed by atoms with Crippen LogP contribution in [0.1, 0.15) is 32.6 Å². The van der Waals surface area contributed by atoms with Gasteiger partial charge < -0.3 is 19.3 Å². The Morgan fingerprint density at radius 3 is 2.63 bits per heavy atom. The molecule has 1 heterocycles. The number of unbranched alkanes of at least 4 members (excludes halogenated alkanes) is 1. The number of aliphatic hydroxyl groups is 1. The molecule has 1 atom stereocenters. The van der Waals surface area contributed by atoms with E-state index >= 15 is 0 Å². The van der Waals surface area contributed by atoms with Crippen LogP contribution in [0.5, 0.6) is 0 Å². The topological polar surface area (TPSA) is 65.0 Å². The number of halogens is 1. The molecule has 0 bridgehead atoms. The number of methoxy groups -OCH3 is 1. The van der Waals surface area contributed by atoms with Crippen LogP contribution < -0.4 is 0 Å². The molecule has 1 fully saturated rings. The number of rotatable bonds is 7. The lowest BCUT2D eigenvalue weighted by atomic mass is 10.0. The van der Waals surface area contributed by atoms with Crippen molar-refractivity contribution in [1.29, 1.82) is 0 Å². The SMILES string of the molecule is COC(=O)C1(C)OCC(CCCCC(O)CCl)CO1. The molecular weight excluding hydrogens is 272 g/mol. The molecule has 1 unspecified atom stereocenters. The molecule has 1 rings (SSSR count). The smallest absolute Gasteiger partial charge is 0.366 e. The van der Waals surface area contributed by atoms with Gasteiger partial charge in [0.25, 0.3) is 5.79 Å². The third-order valence-electron chi connectivity index (χ3n) is 3.32. The molecule has 1 saturated heterocycles. The zero-order chi connectivity index (χ0) is 14.3. The van der Waals surface area contributed by atoms with Gasteiger partial charge in [0.15, 0.2) is 0 Å². The molecule has 0 amide bonds. The summed E-state index contributed by atoms with van der Waals surface area (Å²) >= 11 is 5.52. The van der Waals surface area contributed by atoms with E-state index in [0.717, 1.165) is 25.7 Å². The number of hydrogen-bond acceptors (Lipinski definition) is 5. The van der Waals surface area contributed by atoms with E-state index in [9.17, 15) is 9.90 Å². The summed E-state index contributed by atoms with van der Waals surface area (Å²) in [6.07, 6.45) is 3.17. The van der Waals surface area contributed by atoms with E-state index in [0.29, 0.717) is 13.2 Å². The summed E-state index contributed by atoms with van der Waals surface area (Å²) < 4.78 is 15.6. The van der Waals surface area contributed by atoms with Gasteiger partial charge >= 0.3 is 5.97 Å². The Bertz CT molecular complexity index is 276. The number of carbonyl (C=O) groups is 1. The van der Waals surface area contributed by atoms with E-state index in [4.69, 9.17) is 21.1 Å². The van der Waals surface area contributed by atoms with Crippen LogP contribution in [0.15, 0.2) is 0 Å². The van der Waals surface area contributed by atoms with Gasteiger partial charge in [-0.05, 0) is 12.8 Å². The molecule has 1 aliphatic heterocycles. The van der Waals surface area contributed by atoms with E-state index in [1.165, 1.54) is 7.11 Å². The summed E-state index contributed by atoms with van der Waals surface area (Å²) in [5.41, 5.74) is 0. The van der Waals surface area contributed by atoms with Crippen LogP contribution in [0.3, 0.4) is 0 Å². The molecule has 0 aromatic heterocycles. The number of esters is 1. The van der Waals surface area contributed by atoms with Gasteiger partial charge in [0.1, 0.15) is 0 Å². The first kappa shape index (κ1) is 16.7. The Hall–Kier alpha value is -0.360. The lowest BCUT2D eigenvalue weighted by Gasteiger charge is -2.35. The quantitative estimate of drug-likeness (QED) is 0.440. The highest BCUT2D eigenvalue weighted by atomic mass is 35.5. The highest BCUT2D eigenvalue weighted by Crippen LogP contribution is 2.25. The summed E-state index contributed by atoms with van der Waals surface area (Å²) in [7, 11) is 1.31. The van der Waals surface area contributed by atoms with Crippen molar-refractivity contribution in [2.24, 2.45) is 5.92 Å². The Balaban J connectivity index is 2.18. The maximum atomic E-state index is 11.5. The van der Waals surface area contributed by atoms with E-state index in [-0.39, 0.29) is 11.8 Å². The molecule has 0 aromatic carbocycles. The van der Waals surface area contributed by atoms with Gasteiger partial charge in [0.2, 0.25) is 0 Å². The van der Waals surface area contributed by atoms with Gasteiger partial charge in [-0.3, -0.25) is 0 Å². The van der Waals surface area contributed by atoms with Crippen molar-refractivity contribution in [3.05, 3.63) is 0 Å². The van der Waals surface area contributed by atoms with Gasteiger partial charge in [0.05, 0.1) is 26.4 Å². The minimum atomic E-state index is -1.26. The fourth-order valence-electron chi connectivity index (χ4n) is 2.00. The second-order valence-electron chi connectivity index (χ2n) is 5.02. The minimum absolute atomic E-state index is 0.283. The Kier molecular flexibility index (Phi) is 7.07. The fraction of sp³-hybridized carbons (Fsp3) is 0.923. The Morgan fingerprint density at radius 2 is 2.11 bits per heavy atom. The zero-order valence-corrected chi connectivity index (χ0v) is 12.3. The molecule has 6 heteroatoms. The van der Waals surface area contributed by atoms with Gasteiger partial charge in [-0.2, -0.15) is 0 Å². The maximum Gasteiger partial charge on any atom is 0.366 e. The van der Waals surface area contributed by atoms with Crippen molar-refractivity contribution >= 4 is 17.6 Å².